The highest BCUT2D eigenvalue weighted by atomic mass is 16.5. The van der Waals surface area contributed by atoms with Crippen molar-refractivity contribution in [2.24, 2.45) is 0 Å². The molecule has 0 radical (unpaired) electrons. The minimum atomic E-state index is 0.450. The van der Waals surface area contributed by atoms with Crippen LogP contribution in [0, 0.1) is 20.8 Å². The monoisotopic (exact) mass is 266 g/mol. The molecule has 0 saturated heterocycles. The largest absolute Gasteiger partial charge is 0.334 e. The molecule has 20 heavy (non-hydrogen) atoms. The first-order valence-corrected chi connectivity index (χ1v) is 6.35. The van der Waals surface area contributed by atoms with E-state index in [1.54, 1.807) is 18.3 Å². The summed E-state index contributed by atoms with van der Waals surface area (Å²) in [5.41, 5.74) is 5.12. The predicted octanol–water partition coefficient (Wildman–Crippen LogP) is 3.12. The maximum absolute atomic E-state index is 5.35. The minimum Gasteiger partial charge on any atom is -0.334 e. The Morgan fingerprint density at radius 1 is 1.00 bits per heavy atom. The molecular weight excluding hydrogens is 252 g/mol. The van der Waals surface area contributed by atoms with Crippen LogP contribution in [0.5, 0.6) is 0 Å². The van der Waals surface area contributed by atoms with Crippen LogP contribution in [0.3, 0.4) is 0 Å². The second kappa shape index (κ2) is 4.85. The second-order valence-electron chi connectivity index (χ2n) is 4.78. The number of benzene rings is 1. The molecule has 2 aromatic heterocycles. The van der Waals surface area contributed by atoms with Gasteiger partial charge in [0.05, 0.1) is 0 Å². The number of hydrogen-bond acceptors (Lipinski definition) is 5. The highest BCUT2D eigenvalue weighted by Crippen LogP contribution is 2.26. The molecule has 100 valence electrons. The summed E-state index contributed by atoms with van der Waals surface area (Å²) in [5.74, 6) is 0.956. The van der Waals surface area contributed by atoms with Crippen LogP contribution >= 0.6 is 0 Å². The number of rotatable bonds is 2. The van der Waals surface area contributed by atoms with Crippen LogP contribution in [-0.2, 0) is 0 Å². The van der Waals surface area contributed by atoms with E-state index >= 15 is 0 Å². The van der Waals surface area contributed by atoms with Gasteiger partial charge in [-0.1, -0.05) is 11.2 Å². The smallest absolute Gasteiger partial charge is 0.258 e. The van der Waals surface area contributed by atoms with Crippen molar-refractivity contribution >= 4 is 0 Å². The van der Waals surface area contributed by atoms with Crippen molar-refractivity contribution in [1.29, 1.82) is 0 Å². The highest BCUT2D eigenvalue weighted by molar-refractivity contribution is 5.62. The van der Waals surface area contributed by atoms with Gasteiger partial charge in [0.15, 0.2) is 0 Å². The van der Waals surface area contributed by atoms with Crippen molar-refractivity contribution in [2.45, 2.75) is 20.8 Å². The van der Waals surface area contributed by atoms with E-state index in [4.69, 9.17) is 4.52 Å². The van der Waals surface area contributed by atoms with Gasteiger partial charge in [-0.05, 0) is 55.7 Å². The van der Waals surface area contributed by atoms with Crippen LogP contribution in [0.4, 0.5) is 0 Å². The van der Waals surface area contributed by atoms with Gasteiger partial charge in [-0.3, -0.25) is 0 Å². The van der Waals surface area contributed by atoms with E-state index in [2.05, 4.69) is 46.3 Å². The Morgan fingerprint density at radius 3 is 2.55 bits per heavy atom. The lowest BCUT2D eigenvalue weighted by molar-refractivity contribution is 0.432. The molecule has 0 atom stereocenters. The minimum absolute atomic E-state index is 0.450. The van der Waals surface area contributed by atoms with Crippen LogP contribution < -0.4 is 0 Å². The van der Waals surface area contributed by atoms with Crippen LogP contribution in [0.25, 0.3) is 23.0 Å². The van der Waals surface area contributed by atoms with Gasteiger partial charge < -0.3 is 4.52 Å². The quantitative estimate of drug-likeness (QED) is 0.713. The van der Waals surface area contributed by atoms with Crippen molar-refractivity contribution in [3.05, 3.63) is 47.2 Å². The lowest BCUT2D eigenvalue weighted by Gasteiger charge is -2.05. The van der Waals surface area contributed by atoms with Crippen LogP contribution in [0.2, 0.25) is 0 Å². The summed E-state index contributed by atoms with van der Waals surface area (Å²) >= 11 is 0. The summed E-state index contributed by atoms with van der Waals surface area (Å²) in [5, 5.41) is 11.8. The van der Waals surface area contributed by atoms with Gasteiger partial charge in [0.25, 0.3) is 5.89 Å². The summed E-state index contributed by atoms with van der Waals surface area (Å²) in [6.45, 7) is 6.19. The molecule has 3 aromatic rings. The molecule has 0 saturated carbocycles. The fraction of sp³-hybridized carbons (Fsp3) is 0.200. The Labute approximate surface area is 116 Å². The fourth-order valence-electron chi connectivity index (χ4n) is 2.05. The molecule has 0 fully saturated rings. The average Bonchev–Trinajstić information content (AvgIpc) is 2.93. The first kappa shape index (κ1) is 12.5. The molecule has 0 aliphatic heterocycles. The molecule has 0 unspecified atom stereocenters. The second-order valence-corrected chi connectivity index (χ2v) is 4.78. The van der Waals surface area contributed by atoms with E-state index in [9.17, 15) is 0 Å². The Bertz CT molecular complexity index is 750. The van der Waals surface area contributed by atoms with Gasteiger partial charge in [0.2, 0.25) is 5.82 Å². The number of nitrogens with zero attached hydrogens (tertiary/aromatic N) is 4. The van der Waals surface area contributed by atoms with E-state index in [0.717, 1.165) is 11.1 Å². The summed E-state index contributed by atoms with van der Waals surface area (Å²) in [6.07, 6.45) is 1.61. The average molecular weight is 266 g/mol. The Kier molecular flexibility index (Phi) is 3.02. The summed E-state index contributed by atoms with van der Waals surface area (Å²) in [6, 6.07) is 7.78. The number of hydrogen-bond donors (Lipinski definition) is 0. The van der Waals surface area contributed by atoms with Gasteiger partial charge in [-0.25, -0.2) is 0 Å². The van der Waals surface area contributed by atoms with Crippen molar-refractivity contribution < 1.29 is 4.52 Å². The molecule has 3 rings (SSSR count). The van der Waals surface area contributed by atoms with E-state index in [1.807, 2.05) is 6.92 Å². The van der Waals surface area contributed by atoms with Gasteiger partial charge in [0.1, 0.15) is 5.69 Å². The maximum Gasteiger partial charge on any atom is 0.258 e. The summed E-state index contributed by atoms with van der Waals surface area (Å²) in [7, 11) is 0. The predicted molar refractivity (Wildman–Crippen MR) is 75.0 cm³/mol. The Balaban J connectivity index is 2.05. The van der Waals surface area contributed by atoms with Crippen molar-refractivity contribution in [3.63, 3.8) is 0 Å². The Hall–Kier alpha value is -2.56. The molecular formula is C15H14N4O. The zero-order valence-electron chi connectivity index (χ0n) is 11.6. The zero-order chi connectivity index (χ0) is 14.1. The van der Waals surface area contributed by atoms with Crippen LogP contribution in [0.15, 0.2) is 35.0 Å². The van der Waals surface area contributed by atoms with Crippen LogP contribution in [0.1, 0.15) is 16.7 Å². The first-order valence-electron chi connectivity index (χ1n) is 6.35. The van der Waals surface area contributed by atoms with Gasteiger partial charge in [0, 0.05) is 11.8 Å². The number of aromatic nitrogens is 4. The molecule has 0 aliphatic carbocycles. The molecule has 0 spiro atoms. The lowest BCUT2D eigenvalue weighted by atomic mass is 10.0. The van der Waals surface area contributed by atoms with E-state index in [1.165, 1.54) is 11.1 Å². The normalized spacial score (nSPS) is 10.8. The van der Waals surface area contributed by atoms with Gasteiger partial charge in [-0.15, -0.1) is 5.10 Å². The highest BCUT2D eigenvalue weighted by Gasteiger charge is 2.14. The molecule has 0 bridgehead atoms. The summed E-state index contributed by atoms with van der Waals surface area (Å²) in [4.78, 5) is 4.40. The maximum atomic E-state index is 5.35. The summed E-state index contributed by atoms with van der Waals surface area (Å²) < 4.78 is 5.35. The molecule has 0 aliphatic rings. The zero-order valence-corrected chi connectivity index (χ0v) is 11.6. The van der Waals surface area contributed by atoms with Gasteiger partial charge in [-0.2, -0.15) is 10.1 Å². The first-order chi connectivity index (χ1) is 9.65. The fourth-order valence-corrected chi connectivity index (χ4v) is 2.05. The third kappa shape index (κ3) is 2.18. The van der Waals surface area contributed by atoms with Crippen LogP contribution in [-0.4, -0.2) is 20.3 Å². The van der Waals surface area contributed by atoms with E-state index < -0.39 is 0 Å². The number of aryl methyl sites for hydroxylation is 3. The van der Waals surface area contributed by atoms with E-state index in [-0.39, 0.29) is 0 Å². The third-order valence-corrected chi connectivity index (χ3v) is 3.30. The molecule has 0 N–H and O–H groups in total. The third-order valence-electron chi connectivity index (χ3n) is 3.30. The van der Waals surface area contributed by atoms with Gasteiger partial charge >= 0.3 is 0 Å². The van der Waals surface area contributed by atoms with Crippen molar-refractivity contribution in [2.75, 3.05) is 0 Å². The SMILES string of the molecule is Cc1cc(C)c(-c2nc(-c3cccnn3)no2)cc1C. The topological polar surface area (TPSA) is 64.7 Å². The molecule has 1 aromatic carbocycles. The molecule has 2 heterocycles. The Morgan fingerprint density at radius 2 is 1.80 bits per heavy atom. The molecule has 5 nitrogen and oxygen atoms in total. The lowest BCUT2D eigenvalue weighted by Crippen LogP contribution is -1.90. The van der Waals surface area contributed by atoms with Crippen molar-refractivity contribution in [1.82, 2.24) is 20.3 Å². The molecule has 0 amide bonds. The standard InChI is InChI=1S/C15H14N4O/c1-9-7-11(3)12(8-10(9)2)15-17-14(19-20-15)13-5-4-6-16-18-13/h4-8H,1-3H3. The van der Waals surface area contributed by atoms with Crippen molar-refractivity contribution in [3.8, 4) is 23.0 Å². The molecule has 5 heteroatoms. The van der Waals surface area contributed by atoms with E-state index in [0.29, 0.717) is 17.4 Å².